The second-order valence-electron chi connectivity index (χ2n) is 13.8. The maximum absolute atomic E-state index is 13.5. The Hall–Kier alpha value is -4.36. The highest BCUT2D eigenvalue weighted by Crippen LogP contribution is 2.34. The highest BCUT2D eigenvalue weighted by atomic mass is 79.9. The van der Waals surface area contributed by atoms with Crippen LogP contribution in [-0.2, 0) is 23.2 Å². The number of halogens is 1. The molecule has 0 bridgehead atoms. The van der Waals surface area contributed by atoms with Crippen molar-refractivity contribution in [2.24, 2.45) is 7.05 Å². The number of benzene rings is 2. The quantitative estimate of drug-likeness (QED) is 0.370. The second-order valence-corrected chi connectivity index (χ2v) is 14.6. The Balaban J connectivity index is 0.946. The molecule has 3 aromatic rings. The number of carbonyl (C=O) groups excluding carboxylic acids is 4. The first-order valence-electron chi connectivity index (χ1n) is 16.9. The third-order valence-electron chi connectivity index (χ3n) is 10.5. The molecule has 0 radical (unpaired) electrons. The summed E-state index contributed by atoms with van der Waals surface area (Å²) < 4.78 is 1.78. The molecule has 3 saturated heterocycles. The number of hydrogen-bond acceptors (Lipinski definition) is 8. The molecule has 2 aromatic carbocycles. The van der Waals surface area contributed by atoms with Crippen LogP contribution in [0.3, 0.4) is 0 Å². The van der Waals surface area contributed by atoms with E-state index in [1.54, 1.807) is 18.1 Å². The van der Waals surface area contributed by atoms with Gasteiger partial charge in [0.25, 0.3) is 17.4 Å². The fourth-order valence-corrected chi connectivity index (χ4v) is 8.31. The number of aryl methyl sites for hydroxylation is 1. The van der Waals surface area contributed by atoms with Crippen LogP contribution in [0.4, 0.5) is 5.69 Å². The van der Waals surface area contributed by atoms with Crippen molar-refractivity contribution in [1.29, 1.82) is 0 Å². The van der Waals surface area contributed by atoms with E-state index < -0.39 is 11.9 Å². The summed E-state index contributed by atoms with van der Waals surface area (Å²) in [6, 6.07) is 13.5. The van der Waals surface area contributed by atoms with Crippen molar-refractivity contribution in [3.05, 3.63) is 91.3 Å². The first-order chi connectivity index (χ1) is 23.5. The summed E-state index contributed by atoms with van der Waals surface area (Å²) in [6.07, 6.45) is 4.79. The standard InChI is InChI=1S/C36H40BrN7O5/c1-41-18-25(16-27(20-41)39-29-17-38-42(2)36(49)32(29)37)21-3-5-23(6-4-21)34(47)43-13-11-22(12-14-43)24-7-8-28-26(15-24)19-44(35(28)48)30-9-10-31(45)40-33(30)46/h3-8,15,17,22,25,27,30,39H,9-14,16,18-20H2,1-2H3,(H,40,45,46). The Morgan fingerprint density at radius 3 is 2.41 bits per heavy atom. The molecule has 5 heterocycles. The molecule has 13 heteroatoms. The van der Waals surface area contributed by atoms with Gasteiger partial charge in [0.15, 0.2) is 0 Å². The summed E-state index contributed by atoms with van der Waals surface area (Å²) in [5, 5.41) is 10.0. The number of anilines is 1. The molecule has 3 fully saturated rings. The maximum atomic E-state index is 13.5. The SMILES string of the molecule is CN1CC(Nc2cnn(C)c(=O)c2Br)CC(c2ccc(C(=O)N3CCC(c4ccc5c(c4)CN(C4CCC(=O)NC4=O)C5=O)CC3)cc2)C1. The van der Waals surface area contributed by atoms with Crippen LogP contribution in [-0.4, -0.2) is 93.4 Å². The van der Waals surface area contributed by atoms with E-state index in [0.29, 0.717) is 47.3 Å². The van der Waals surface area contributed by atoms with Crippen LogP contribution in [0.1, 0.15) is 81.3 Å². The molecule has 0 saturated carbocycles. The molecule has 256 valence electrons. The summed E-state index contributed by atoms with van der Waals surface area (Å²) in [7, 11) is 3.72. The van der Waals surface area contributed by atoms with Gasteiger partial charge in [0.2, 0.25) is 11.8 Å². The highest BCUT2D eigenvalue weighted by Gasteiger charge is 2.39. The molecule has 49 heavy (non-hydrogen) atoms. The van der Waals surface area contributed by atoms with E-state index in [-0.39, 0.29) is 47.6 Å². The van der Waals surface area contributed by atoms with E-state index in [9.17, 15) is 24.0 Å². The summed E-state index contributed by atoms with van der Waals surface area (Å²) >= 11 is 3.42. The van der Waals surface area contributed by atoms with E-state index in [4.69, 9.17) is 0 Å². The van der Waals surface area contributed by atoms with Crippen molar-refractivity contribution in [1.82, 2.24) is 29.8 Å². The monoisotopic (exact) mass is 729 g/mol. The lowest BCUT2D eigenvalue weighted by molar-refractivity contribution is -0.136. The van der Waals surface area contributed by atoms with Crippen LogP contribution in [0.15, 0.2) is 57.9 Å². The van der Waals surface area contributed by atoms with Crippen molar-refractivity contribution >= 4 is 45.2 Å². The number of nitrogens with zero attached hydrogens (tertiary/aromatic N) is 5. The number of carbonyl (C=O) groups is 4. The first kappa shape index (κ1) is 33.2. The van der Waals surface area contributed by atoms with Crippen LogP contribution < -0.4 is 16.2 Å². The average molecular weight is 731 g/mol. The summed E-state index contributed by atoms with van der Waals surface area (Å²) in [5.74, 6) is -0.285. The number of likely N-dealkylation sites (tertiary alicyclic amines) is 2. The van der Waals surface area contributed by atoms with Gasteiger partial charge in [-0.3, -0.25) is 29.3 Å². The van der Waals surface area contributed by atoms with Crippen molar-refractivity contribution < 1.29 is 19.2 Å². The van der Waals surface area contributed by atoms with Crippen molar-refractivity contribution in [3.8, 4) is 0 Å². The van der Waals surface area contributed by atoms with E-state index in [1.165, 1.54) is 10.2 Å². The third kappa shape index (κ3) is 6.65. The fraction of sp³-hybridized carbons (Fsp3) is 0.444. The maximum Gasteiger partial charge on any atom is 0.282 e. The average Bonchev–Trinajstić information content (AvgIpc) is 3.43. The minimum atomic E-state index is -0.625. The lowest BCUT2D eigenvalue weighted by atomic mass is 9.87. The zero-order valence-corrected chi connectivity index (χ0v) is 29.2. The smallest absolute Gasteiger partial charge is 0.282 e. The minimum Gasteiger partial charge on any atom is -0.379 e. The zero-order valence-electron chi connectivity index (χ0n) is 27.7. The Bertz CT molecular complexity index is 1870. The molecule has 3 atom stereocenters. The lowest BCUT2D eigenvalue weighted by Crippen LogP contribution is -2.52. The number of hydrogen-bond donors (Lipinski definition) is 2. The highest BCUT2D eigenvalue weighted by molar-refractivity contribution is 9.10. The van der Waals surface area contributed by atoms with E-state index in [2.05, 4.69) is 61.8 Å². The minimum absolute atomic E-state index is 0.0349. The van der Waals surface area contributed by atoms with Gasteiger partial charge in [0.05, 0.1) is 11.9 Å². The largest absolute Gasteiger partial charge is 0.379 e. The lowest BCUT2D eigenvalue weighted by Gasteiger charge is -2.37. The third-order valence-corrected chi connectivity index (χ3v) is 11.3. The number of amides is 4. The molecule has 1 aromatic heterocycles. The molecule has 7 rings (SSSR count). The topological polar surface area (TPSA) is 137 Å². The normalized spacial score (nSPS) is 23.4. The van der Waals surface area contributed by atoms with Gasteiger partial charge in [-0.2, -0.15) is 5.10 Å². The van der Waals surface area contributed by atoms with Crippen molar-refractivity contribution in [2.45, 2.75) is 62.6 Å². The van der Waals surface area contributed by atoms with Gasteiger partial charge in [0, 0.05) is 63.4 Å². The summed E-state index contributed by atoms with van der Waals surface area (Å²) in [6.45, 7) is 3.41. The van der Waals surface area contributed by atoms with Crippen molar-refractivity contribution in [2.75, 3.05) is 38.5 Å². The number of piperidine rings is 3. The Morgan fingerprint density at radius 1 is 0.939 bits per heavy atom. The first-order valence-corrected chi connectivity index (χ1v) is 17.7. The van der Waals surface area contributed by atoms with Gasteiger partial charge < -0.3 is 20.0 Å². The van der Waals surface area contributed by atoms with Gasteiger partial charge in [-0.05, 0) is 95.4 Å². The van der Waals surface area contributed by atoms with Gasteiger partial charge in [-0.25, -0.2) is 4.68 Å². The molecule has 0 aliphatic carbocycles. The summed E-state index contributed by atoms with van der Waals surface area (Å²) in [5.41, 5.74) is 5.04. The Labute approximate surface area is 292 Å². The van der Waals surface area contributed by atoms with Crippen LogP contribution >= 0.6 is 15.9 Å². The number of imide groups is 1. The van der Waals surface area contributed by atoms with E-state index >= 15 is 0 Å². The molecule has 4 amide bonds. The molecule has 4 aliphatic rings. The molecule has 0 spiro atoms. The molecule has 4 aliphatic heterocycles. The van der Waals surface area contributed by atoms with Crippen LogP contribution in [0.5, 0.6) is 0 Å². The van der Waals surface area contributed by atoms with Gasteiger partial charge >= 0.3 is 0 Å². The molecule has 2 N–H and O–H groups in total. The number of fused-ring (bicyclic) bond motifs is 1. The second kappa shape index (κ2) is 13.5. The van der Waals surface area contributed by atoms with E-state index in [1.807, 2.05) is 29.2 Å². The molecule has 3 unspecified atom stereocenters. The number of likely N-dealkylation sites (N-methyl/N-ethyl adjacent to an activating group) is 1. The van der Waals surface area contributed by atoms with Crippen molar-refractivity contribution in [3.63, 3.8) is 0 Å². The fourth-order valence-electron chi connectivity index (χ4n) is 7.84. The number of aromatic nitrogens is 2. The molecular formula is C36H40BrN7O5. The zero-order chi connectivity index (χ0) is 34.4. The van der Waals surface area contributed by atoms with Crippen LogP contribution in [0.2, 0.25) is 0 Å². The summed E-state index contributed by atoms with van der Waals surface area (Å²) in [4.78, 5) is 68.7. The Morgan fingerprint density at radius 2 is 1.67 bits per heavy atom. The van der Waals surface area contributed by atoms with Crippen LogP contribution in [0.25, 0.3) is 0 Å². The van der Waals surface area contributed by atoms with Gasteiger partial charge in [-0.15, -0.1) is 0 Å². The predicted octanol–water partition coefficient (Wildman–Crippen LogP) is 3.22. The molecular weight excluding hydrogens is 690 g/mol. The Kier molecular flexibility index (Phi) is 9.14. The number of rotatable bonds is 6. The van der Waals surface area contributed by atoms with Gasteiger partial charge in [-0.1, -0.05) is 24.3 Å². The molecule has 12 nitrogen and oxygen atoms in total. The van der Waals surface area contributed by atoms with E-state index in [0.717, 1.165) is 43.5 Å². The van der Waals surface area contributed by atoms with Gasteiger partial charge in [0.1, 0.15) is 10.5 Å². The number of nitrogens with one attached hydrogen (secondary N) is 2. The van der Waals surface area contributed by atoms with Crippen LogP contribution in [0, 0.1) is 0 Å². The predicted molar refractivity (Wildman–Crippen MR) is 186 cm³/mol.